The molecule has 0 N–H and O–H groups in total. The van der Waals surface area contributed by atoms with Crippen LogP contribution in [0.4, 0.5) is 0 Å². The van der Waals surface area contributed by atoms with Crippen LogP contribution in [0.1, 0.15) is 32.1 Å². The lowest BCUT2D eigenvalue weighted by Gasteiger charge is -2.23. The van der Waals surface area contributed by atoms with Crippen molar-refractivity contribution in [3.05, 3.63) is 0 Å². The molecule has 1 saturated carbocycles. The number of ketones is 1. The average molecular weight is 216 g/mol. The minimum absolute atomic E-state index is 0.155. The molecular weight excluding hydrogens is 200 g/mol. The predicted molar refractivity (Wildman–Crippen MR) is 54.6 cm³/mol. The van der Waals surface area contributed by atoms with Crippen LogP contribution in [0, 0.1) is 0 Å². The third-order valence-corrected chi connectivity index (χ3v) is 5.21. The Morgan fingerprint density at radius 2 is 1.93 bits per heavy atom. The van der Waals surface area contributed by atoms with Gasteiger partial charge in [-0.25, -0.2) is 0 Å². The van der Waals surface area contributed by atoms with E-state index in [9.17, 15) is 9.00 Å². The molecule has 1 aliphatic carbocycles. The minimum Gasteiger partial charge on any atom is -0.381 e. The van der Waals surface area contributed by atoms with Crippen molar-refractivity contribution in [2.45, 2.75) is 42.6 Å². The van der Waals surface area contributed by atoms with Crippen LogP contribution in [-0.4, -0.2) is 33.7 Å². The highest BCUT2D eigenvalue weighted by Gasteiger charge is 2.34. The van der Waals surface area contributed by atoms with E-state index >= 15 is 0 Å². The quantitative estimate of drug-likeness (QED) is 0.692. The van der Waals surface area contributed by atoms with E-state index in [2.05, 4.69) is 0 Å². The van der Waals surface area contributed by atoms with Crippen molar-refractivity contribution in [1.29, 1.82) is 0 Å². The van der Waals surface area contributed by atoms with Gasteiger partial charge in [-0.05, 0) is 25.7 Å². The second-order valence-corrected chi connectivity index (χ2v) is 5.88. The highest BCUT2D eigenvalue weighted by atomic mass is 32.2. The molecule has 4 heteroatoms. The zero-order valence-corrected chi connectivity index (χ0v) is 9.05. The second-order valence-electron chi connectivity index (χ2n) is 3.99. The fraction of sp³-hybridized carbons (Fsp3) is 0.900. The average Bonchev–Trinajstić information content (AvgIpc) is 2.65. The van der Waals surface area contributed by atoms with Gasteiger partial charge in [-0.2, -0.15) is 0 Å². The topological polar surface area (TPSA) is 43.4 Å². The van der Waals surface area contributed by atoms with Crippen molar-refractivity contribution in [3.63, 3.8) is 0 Å². The van der Waals surface area contributed by atoms with Crippen LogP contribution in [0.5, 0.6) is 0 Å². The first kappa shape index (κ1) is 10.3. The van der Waals surface area contributed by atoms with Gasteiger partial charge in [0, 0.05) is 35.7 Å². The number of carbonyl (C=O) groups excluding carboxylic acids is 1. The molecule has 2 atom stereocenters. The van der Waals surface area contributed by atoms with Gasteiger partial charge >= 0.3 is 0 Å². The van der Waals surface area contributed by atoms with E-state index in [0.29, 0.717) is 19.6 Å². The first-order valence-electron chi connectivity index (χ1n) is 5.29. The summed E-state index contributed by atoms with van der Waals surface area (Å²) in [6, 6.07) is 0. The van der Waals surface area contributed by atoms with Gasteiger partial charge in [-0.3, -0.25) is 9.00 Å². The van der Waals surface area contributed by atoms with Crippen molar-refractivity contribution in [2.24, 2.45) is 0 Å². The molecule has 1 saturated heterocycles. The van der Waals surface area contributed by atoms with Crippen molar-refractivity contribution in [1.82, 2.24) is 0 Å². The third kappa shape index (κ3) is 2.06. The van der Waals surface area contributed by atoms with Gasteiger partial charge in [-0.1, -0.05) is 0 Å². The molecule has 0 radical (unpaired) electrons. The maximum atomic E-state index is 12.0. The fourth-order valence-electron chi connectivity index (χ4n) is 2.17. The molecule has 14 heavy (non-hydrogen) atoms. The Morgan fingerprint density at radius 3 is 2.50 bits per heavy atom. The second kappa shape index (κ2) is 4.53. The van der Waals surface area contributed by atoms with E-state index in [4.69, 9.17) is 4.74 Å². The van der Waals surface area contributed by atoms with Gasteiger partial charge < -0.3 is 4.74 Å². The van der Waals surface area contributed by atoms with Crippen molar-refractivity contribution < 1.29 is 13.7 Å². The molecule has 1 aliphatic heterocycles. The van der Waals surface area contributed by atoms with Gasteiger partial charge in [-0.15, -0.1) is 0 Å². The summed E-state index contributed by atoms with van der Waals surface area (Å²) in [6.45, 7) is 1.41. The molecule has 2 unspecified atom stereocenters. The molecule has 2 aliphatic rings. The Hall–Kier alpha value is -0.220. The summed E-state index contributed by atoms with van der Waals surface area (Å²) in [4.78, 5) is 11.4. The summed E-state index contributed by atoms with van der Waals surface area (Å²) in [5.74, 6) is 0.217. The number of Topliss-reactive ketones (excluding diaryl/α,β-unsaturated/α-hetero) is 1. The molecule has 0 aromatic rings. The van der Waals surface area contributed by atoms with E-state index in [0.717, 1.165) is 25.7 Å². The summed E-state index contributed by atoms with van der Waals surface area (Å²) < 4.78 is 17.3. The first-order valence-corrected chi connectivity index (χ1v) is 6.56. The van der Waals surface area contributed by atoms with Gasteiger partial charge in [0.25, 0.3) is 0 Å². The van der Waals surface area contributed by atoms with Crippen LogP contribution in [0.15, 0.2) is 0 Å². The lowest BCUT2D eigenvalue weighted by Crippen LogP contribution is -2.33. The maximum Gasteiger partial charge on any atom is 0.148 e. The molecule has 0 spiro atoms. The van der Waals surface area contributed by atoms with E-state index in [1.807, 2.05) is 0 Å². The van der Waals surface area contributed by atoms with Crippen molar-refractivity contribution >= 4 is 16.6 Å². The summed E-state index contributed by atoms with van der Waals surface area (Å²) in [7, 11) is -0.941. The Balaban J connectivity index is 1.96. The van der Waals surface area contributed by atoms with E-state index in [1.165, 1.54) is 0 Å². The molecule has 2 rings (SSSR count). The van der Waals surface area contributed by atoms with E-state index < -0.39 is 10.8 Å². The largest absolute Gasteiger partial charge is 0.381 e. The van der Waals surface area contributed by atoms with Crippen LogP contribution in [0.25, 0.3) is 0 Å². The third-order valence-electron chi connectivity index (χ3n) is 3.03. The monoisotopic (exact) mass is 216 g/mol. The summed E-state index contributed by atoms with van der Waals surface area (Å²) >= 11 is 0. The Morgan fingerprint density at radius 1 is 1.21 bits per heavy atom. The summed E-state index contributed by atoms with van der Waals surface area (Å²) in [5, 5.41) is 0.0499. The molecule has 0 amide bonds. The predicted octanol–water partition coefficient (Wildman–Crippen LogP) is 1.04. The molecule has 3 nitrogen and oxygen atoms in total. The van der Waals surface area contributed by atoms with E-state index in [1.54, 1.807) is 0 Å². The fourth-order valence-corrected chi connectivity index (χ4v) is 4.07. The SMILES string of the molecule is O=C1CCCC1S(=O)C1CCOCC1. The van der Waals surface area contributed by atoms with Gasteiger partial charge in [0.15, 0.2) is 0 Å². The van der Waals surface area contributed by atoms with Crippen LogP contribution in [0.2, 0.25) is 0 Å². The molecule has 0 aromatic heterocycles. The molecule has 2 fully saturated rings. The summed E-state index contributed by atoms with van der Waals surface area (Å²) in [6.07, 6.45) is 4.12. The first-order chi connectivity index (χ1) is 6.79. The lowest BCUT2D eigenvalue weighted by atomic mass is 10.2. The number of carbonyl (C=O) groups is 1. The van der Waals surface area contributed by atoms with Gasteiger partial charge in [0.1, 0.15) is 5.78 Å². The van der Waals surface area contributed by atoms with Gasteiger partial charge in [0.2, 0.25) is 0 Å². The standard InChI is InChI=1S/C10H16O3S/c11-9-2-1-3-10(9)14(12)8-4-6-13-7-5-8/h8,10H,1-7H2. The highest BCUT2D eigenvalue weighted by molar-refractivity contribution is 7.87. The van der Waals surface area contributed by atoms with Crippen molar-refractivity contribution in [3.8, 4) is 0 Å². The normalized spacial score (nSPS) is 32.0. The molecule has 0 bridgehead atoms. The van der Waals surface area contributed by atoms with Crippen LogP contribution < -0.4 is 0 Å². The Labute approximate surface area is 86.7 Å². The lowest BCUT2D eigenvalue weighted by molar-refractivity contribution is -0.117. The zero-order valence-electron chi connectivity index (χ0n) is 8.24. The zero-order chi connectivity index (χ0) is 9.97. The summed E-state index contributed by atoms with van der Waals surface area (Å²) in [5.41, 5.74) is 0. The van der Waals surface area contributed by atoms with Gasteiger partial charge in [0.05, 0.1) is 5.25 Å². The Kier molecular flexibility index (Phi) is 3.34. The number of rotatable bonds is 2. The van der Waals surface area contributed by atoms with Crippen LogP contribution in [-0.2, 0) is 20.3 Å². The molecular formula is C10H16O3S. The number of ether oxygens (including phenoxy) is 1. The molecule has 0 aromatic carbocycles. The maximum absolute atomic E-state index is 12.0. The van der Waals surface area contributed by atoms with Crippen LogP contribution >= 0.6 is 0 Å². The number of hydrogen-bond donors (Lipinski definition) is 0. The van der Waals surface area contributed by atoms with Crippen molar-refractivity contribution in [2.75, 3.05) is 13.2 Å². The number of hydrogen-bond acceptors (Lipinski definition) is 3. The van der Waals surface area contributed by atoms with Crippen LogP contribution in [0.3, 0.4) is 0 Å². The smallest absolute Gasteiger partial charge is 0.148 e. The highest BCUT2D eigenvalue weighted by Crippen LogP contribution is 2.25. The molecule has 80 valence electrons. The minimum atomic E-state index is -0.941. The molecule has 1 heterocycles. The van der Waals surface area contributed by atoms with E-state index in [-0.39, 0.29) is 16.3 Å². The Bertz CT molecular complexity index is 246.